The number of rotatable bonds is 4. The van der Waals surface area contributed by atoms with E-state index in [1.54, 1.807) is 18.2 Å². The van der Waals surface area contributed by atoms with Gasteiger partial charge >= 0.3 is 13.2 Å². The van der Waals surface area contributed by atoms with Crippen molar-refractivity contribution in [1.82, 2.24) is 14.9 Å². The third kappa shape index (κ3) is 5.48. The van der Waals surface area contributed by atoms with Crippen LogP contribution in [0.3, 0.4) is 0 Å². The van der Waals surface area contributed by atoms with E-state index in [0.717, 1.165) is 23.7 Å². The molecule has 2 saturated heterocycles. The Labute approximate surface area is 208 Å². The van der Waals surface area contributed by atoms with Gasteiger partial charge in [0.2, 0.25) is 5.95 Å². The van der Waals surface area contributed by atoms with E-state index in [2.05, 4.69) is 10.3 Å². The smallest absolute Gasteiger partial charge is 0.494 e. The summed E-state index contributed by atoms with van der Waals surface area (Å²) in [5.41, 5.74) is 0.172. The lowest BCUT2D eigenvalue weighted by Gasteiger charge is -2.34. The summed E-state index contributed by atoms with van der Waals surface area (Å²) in [5, 5.41) is 4.22. The van der Waals surface area contributed by atoms with Gasteiger partial charge in [0, 0.05) is 30.7 Å². The van der Waals surface area contributed by atoms with Crippen LogP contribution in [0.25, 0.3) is 10.9 Å². The minimum Gasteiger partial charge on any atom is -0.494 e. The van der Waals surface area contributed by atoms with E-state index in [1.165, 1.54) is 0 Å². The lowest BCUT2D eigenvalue weighted by Crippen LogP contribution is -2.47. The van der Waals surface area contributed by atoms with Crippen LogP contribution in [0.2, 0.25) is 0 Å². The fraction of sp³-hybridized carbons (Fsp3) is 0.640. The lowest BCUT2D eigenvalue weighted by molar-refractivity contribution is 0.00578. The van der Waals surface area contributed by atoms with Crippen LogP contribution < -0.4 is 15.5 Å². The zero-order valence-corrected chi connectivity index (χ0v) is 22.1. The second-order valence-corrected chi connectivity index (χ2v) is 11.4. The predicted molar refractivity (Wildman–Crippen MR) is 136 cm³/mol. The first-order valence-electron chi connectivity index (χ1n) is 12.2. The van der Waals surface area contributed by atoms with E-state index in [-0.39, 0.29) is 12.1 Å². The Kier molecular flexibility index (Phi) is 6.65. The standard InChI is InChI=1S/C25H37BN4O5/c1-23(2,3)33-22(31)30-11-9-10-18(15-30)28-21-27-14-16-12-17(13-19(32-8)20(16)29-21)26-34-24(4,5)25(6,7)35-26/h12-14,18H,9-11,15H2,1-8H3,(H,27,28,29). The van der Waals surface area contributed by atoms with Gasteiger partial charge < -0.3 is 29.0 Å². The molecule has 1 aromatic heterocycles. The number of anilines is 1. The number of nitrogens with zero attached hydrogens (tertiary/aromatic N) is 3. The zero-order valence-electron chi connectivity index (χ0n) is 22.1. The first-order valence-corrected chi connectivity index (χ1v) is 12.2. The number of likely N-dealkylation sites (tertiary alicyclic amines) is 1. The molecular formula is C25H37BN4O5. The van der Waals surface area contributed by atoms with Crippen LogP contribution in [-0.2, 0) is 14.0 Å². The number of carbonyl (C=O) groups excluding carboxylic acids is 1. The maximum absolute atomic E-state index is 12.5. The van der Waals surface area contributed by atoms with Gasteiger partial charge in [-0.3, -0.25) is 0 Å². The summed E-state index contributed by atoms with van der Waals surface area (Å²) in [7, 11) is 1.12. The maximum atomic E-state index is 12.5. The van der Waals surface area contributed by atoms with E-state index in [1.807, 2.05) is 60.6 Å². The van der Waals surface area contributed by atoms with Crippen LogP contribution in [0.1, 0.15) is 61.3 Å². The molecule has 3 heterocycles. The highest BCUT2D eigenvalue weighted by Crippen LogP contribution is 2.37. The normalized spacial score (nSPS) is 21.8. The van der Waals surface area contributed by atoms with Crippen molar-refractivity contribution < 1.29 is 23.6 Å². The van der Waals surface area contributed by atoms with Gasteiger partial charge in [-0.25, -0.2) is 14.8 Å². The molecule has 0 spiro atoms. The number of fused-ring (bicyclic) bond motifs is 1. The number of aromatic nitrogens is 2. The number of nitrogens with one attached hydrogen (secondary N) is 1. The van der Waals surface area contributed by atoms with Gasteiger partial charge in [-0.15, -0.1) is 0 Å². The number of carbonyl (C=O) groups is 1. The van der Waals surface area contributed by atoms with Crippen LogP contribution in [0.4, 0.5) is 10.7 Å². The molecule has 2 aliphatic rings. The molecular weight excluding hydrogens is 447 g/mol. The second kappa shape index (κ2) is 9.13. The van der Waals surface area contributed by atoms with Crippen molar-refractivity contribution in [2.24, 2.45) is 0 Å². The molecule has 10 heteroatoms. The molecule has 0 saturated carbocycles. The molecule has 1 atom stereocenters. The highest BCUT2D eigenvalue weighted by Gasteiger charge is 2.51. The molecule has 0 bridgehead atoms. The number of amides is 1. The van der Waals surface area contributed by atoms with Crippen LogP contribution in [0.15, 0.2) is 18.3 Å². The third-order valence-electron chi connectivity index (χ3n) is 6.82. The highest BCUT2D eigenvalue weighted by atomic mass is 16.7. The van der Waals surface area contributed by atoms with Crippen LogP contribution in [-0.4, -0.2) is 71.1 Å². The molecule has 1 unspecified atom stereocenters. The van der Waals surface area contributed by atoms with Gasteiger partial charge in [0.1, 0.15) is 16.9 Å². The molecule has 1 N–H and O–H groups in total. The maximum Gasteiger partial charge on any atom is 0.494 e. The van der Waals surface area contributed by atoms with Crippen LogP contribution in [0.5, 0.6) is 5.75 Å². The average Bonchev–Trinajstić information content (AvgIpc) is 2.99. The Hall–Kier alpha value is -2.59. The Morgan fingerprint density at radius 1 is 1.20 bits per heavy atom. The average molecular weight is 484 g/mol. The minimum absolute atomic E-state index is 0.0312. The fourth-order valence-electron chi connectivity index (χ4n) is 4.25. The zero-order chi connectivity index (χ0) is 25.6. The summed E-state index contributed by atoms with van der Waals surface area (Å²) >= 11 is 0. The van der Waals surface area contributed by atoms with Crippen LogP contribution >= 0.6 is 0 Å². The Morgan fingerprint density at radius 3 is 2.51 bits per heavy atom. The summed E-state index contributed by atoms with van der Waals surface area (Å²) < 4.78 is 23.6. The molecule has 2 aromatic rings. The van der Waals surface area contributed by atoms with E-state index < -0.39 is 23.9 Å². The topological polar surface area (TPSA) is 95.0 Å². The first-order chi connectivity index (χ1) is 16.3. The van der Waals surface area contributed by atoms with Gasteiger partial charge in [-0.05, 0) is 72.8 Å². The minimum atomic E-state index is -0.519. The number of ether oxygens (including phenoxy) is 2. The van der Waals surface area contributed by atoms with Crippen molar-refractivity contribution >= 4 is 35.5 Å². The molecule has 1 amide bonds. The van der Waals surface area contributed by atoms with Gasteiger partial charge in [0.25, 0.3) is 0 Å². The molecule has 1 aromatic carbocycles. The quantitative estimate of drug-likeness (QED) is 0.656. The summed E-state index contributed by atoms with van der Waals surface area (Å²) in [5.74, 6) is 1.12. The van der Waals surface area contributed by atoms with Crippen molar-refractivity contribution in [2.75, 3.05) is 25.5 Å². The molecule has 0 radical (unpaired) electrons. The third-order valence-corrected chi connectivity index (χ3v) is 6.82. The van der Waals surface area contributed by atoms with Gasteiger partial charge in [0.05, 0.1) is 18.3 Å². The van der Waals surface area contributed by atoms with E-state index >= 15 is 0 Å². The highest BCUT2D eigenvalue weighted by molar-refractivity contribution is 6.62. The molecule has 2 fully saturated rings. The van der Waals surface area contributed by atoms with Crippen molar-refractivity contribution in [2.45, 2.75) is 84.2 Å². The van der Waals surface area contributed by atoms with E-state index in [0.29, 0.717) is 30.3 Å². The molecule has 190 valence electrons. The number of hydrogen-bond acceptors (Lipinski definition) is 8. The van der Waals surface area contributed by atoms with E-state index in [4.69, 9.17) is 23.8 Å². The Balaban J connectivity index is 1.52. The first kappa shape index (κ1) is 25.5. The SMILES string of the molecule is COc1cc(B2OC(C)(C)C(C)(C)O2)cc2cnc(NC3CCCN(C(=O)OC(C)(C)C)C3)nc12. The van der Waals surface area contributed by atoms with Gasteiger partial charge in [0.15, 0.2) is 0 Å². The van der Waals surface area contributed by atoms with Crippen molar-refractivity contribution in [1.29, 1.82) is 0 Å². The molecule has 4 rings (SSSR count). The van der Waals surface area contributed by atoms with Crippen molar-refractivity contribution in [3.63, 3.8) is 0 Å². The largest absolute Gasteiger partial charge is 0.494 e. The lowest BCUT2D eigenvalue weighted by atomic mass is 9.78. The molecule has 35 heavy (non-hydrogen) atoms. The number of methoxy groups -OCH3 is 1. The van der Waals surface area contributed by atoms with E-state index in [9.17, 15) is 4.79 Å². The van der Waals surface area contributed by atoms with Crippen molar-refractivity contribution in [3.05, 3.63) is 18.3 Å². The Bertz CT molecular complexity index is 1090. The second-order valence-electron chi connectivity index (χ2n) is 11.4. The van der Waals surface area contributed by atoms with Crippen molar-refractivity contribution in [3.8, 4) is 5.75 Å². The number of benzene rings is 1. The Morgan fingerprint density at radius 2 is 1.89 bits per heavy atom. The fourth-order valence-corrected chi connectivity index (χ4v) is 4.25. The monoisotopic (exact) mass is 484 g/mol. The number of hydrogen-bond donors (Lipinski definition) is 1. The van der Waals surface area contributed by atoms with Gasteiger partial charge in [-0.2, -0.15) is 0 Å². The summed E-state index contributed by atoms with van der Waals surface area (Å²) in [6.07, 6.45) is 3.28. The summed E-state index contributed by atoms with van der Waals surface area (Å²) in [6, 6.07) is 3.92. The number of piperidine rings is 1. The predicted octanol–water partition coefficient (Wildman–Crippen LogP) is 3.75. The molecule has 2 aliphatic heterocycles. The van der Waals surface area contributed by atoms with Gasteiger partial charge in [-0.1, -0.05) is 6.07 Å². The summed E-state index contributed by atoms with van der Waals surface area (Å²) in [6.45, 7) is 15.0. The molecule has 0 aliphatic carbocycles. The molecule has 9 nitrogen and oxygen atoms in total. The summed E-state index contributed by atoms with van der Waals surface area (Å²) in [4.78, 5) is 23.5. The van der Waals surface area contributed by atoms with Crippen LogP contribution in [0, 0.1) is 0 Å².